The third-order valence-corrected chi connectivity index (χ3v) is 3.34. The van der Waals surface area contributed by atoms with E-state index in [1.165, 1.54) is 25.1 Å². The molecule has 4 heteroatoms. The Kier molecular flexibility index (Phi) is 3.84. The van der Waals surface area contributed by atoms with Crippen LogP contribution in [0.4, 0.5) is 4.39 Å². The molecule has 2 unspecified atom stereocenters. The first-order valence-electron chi connectivity index (χ1n) is 6.37. The molecule has 0 heterocycles. The summed E-state index contributed by atoms with van der Waals surface area (Å²) in [5.41, 5.74) is -0.504. The summed E-state index contributed by atoms with van der Waals surface area (Å²) < 4.78 is 13.2. The van der Waals surface area contributed by atoms with E-state index in [4.69, 9.17) is 0 Å². The van der Waals surface area contributed by atoms with E-state index in [1.54, 1.807) is 37.3 Å². The first-order valence-corrected chi connectivity index (χ1v) is 6.37. The molecule has 104 valence electrons. The Hall–Kier alpha value is -2.23. The van der Waals surface area contributed by atoms with Gasteiger partial charge >= 0.3 is 0 Å². The van der Waals surface area contributed by atoms with Crippen molar-refractivity contribution in [2.45, 2.75) is 19.4 Å². The second kappa shape index (κ2) is 5.41. The largest absolute Gasteiger partial charge is 0.347 e. The minimum Gasteiger partial charge on any atom is -0.347 e. The molecule has 0 spiro atoms. The lowest BCUT2D eigenvalue weighted by Gasteiger charge is -2.34. The van der Waals surface area contributed by atoms with E-state index >= 15 is 0 Å². The number of carbonyl (C=O) groups is 2. The first kappa shape index (κ1) is 14.2. The van der Waals surface area contributed by atoms with Crippen molar-refractivity contribution in [1.29, 1.82) is 0 Å². The molecule has 0 saturated heterocycles. The van der Waals surface area contributed by atoms with Gasteiger partial charge < -0.3 is 5.32 Å². The summed E-state index contributed by atoms with van der Waals surface area (Å²) in [5, 5.41) is 2.78. The molecule has 0 saturated carbocycles. The summed E-state index contributed by atoms with van der Waals surface area (Å²) in [6.45, 7) is 3.18. The number of nitrogens with one attached hydrogen (secondary N) is 1. The fourth-order valence-electron chi connectivity index (χ4n) is 2.41. The van der Waals surface area contributed by atoms with Crippen molar-refractivity contribution in [2.24, 2.45) is 5.92 Å². The van der Waals surface area contributed by atoms with Crippen LogP contribution in [0.2, 0.25) is 0 Å². The van der Waals surface area contributed by atoms with E-state index in [-0.39, 0.29) is 11.7 Å². The van der Waals surface area contributed by atoms with Crippen molar-refractivity contribution in [1.82, 2.24) is 5.32 Å². The highest BCUT2D eigenvalue weighted by atomic mass is 19.1. The maximum Gasteiger partial charge on any atom is 0.217 e. The molecule has 1 aliphatic carbocycles. The lowest BCUT2D eigenvalue weighted by Crippen LogP contribution is -2.52. The van der Waals surface area contributed by atoms with Gasteiger partial charge in [0.2, 0.25) is 5.91 Å². The normalized spacial score (nSPS) is 24.4. The third-order valence-electron chi connectivity index (χ3n) is 3.34. The quantitative estimate of drug-likeness (QED) is 0.861. The van der Waals surface area contributed by atoms with Gasteiger partial charge in [-0.3, -0.25) is 9.59 Å². The fourth-order valence-corrected chi connectivity index (χ4v) is 2.41. The summed E-state index contributed by atoms with van der Waals surface area (Å²) in [5.74, 6) is -1.45. The Morgan fingerprint density at radius 1 is 1.30 bits per heavy atom. The highest BCUT2D eigenvalue weighted by molar-refractivity contribution is 6.00. The zero-order chi connectivity index (χ0) is 14.8. The first-order chi connectivity index (χ1) is 9.42. The molecule has 2 rings (SSSR count). The van der Waals surface area contributed by atoms with Crippen molar-refractivity contribution in [3.05, 3.63) is 60.0 Å². The number of ketones is 1. The average Bonchev–Trinajstić information content (AvgIpc) is 2.37. The standard InChI is InChI=1S/C16H16FNO2/c1-11(19)18-16(2)9-4-3-8-14(16)15(20)12-6-5-7-13(17)10-12/h3-10,14H,1-2H3,(H,18,19). The lowest BCUT2D eigenvalue weighted by molar-refractivity contribution is -0.120. The van der Waals surface area contributed by atoms with Crippen LogP contribution in [0.3, 0.4) is 0 Å². The van der Waals surface area contributed by atoms with Crippen molar-refractivity contribution in [2.75, 3.05) is 0 Å². The highest BCUT2D eigenvalue weighted by Gasteiger charge is 2.37. The second-order valence-electron chi connectivity index (χ2n) is 5.06. The van der Waals surface area contributed by atoms with Gasteiger partial charge in [-0.05, 0) is 19.1 Å². The molecule has 3 nitrogen and oxygen atoms in total. The maximum absolute atomic E-state index is 13.2. The van der Waals surface area contributed by atoms with Gasteiger partial charge in [0.25, 0.3) is 0 Å². The molecular weight excluding hydrogens is 257 g/mol. The van der Waals surface area contributed by atoms with Gasteiger partial charge in [-0.1, -0.05) is 36.4 Å². The summed E-state index contributed by atoms with van der Waals surface area (Å²) in [7, 11) is 0. The lowest BCUT2D eigenvalue weighted by atomic mass is 9.77. The Bertz CT molecular complexity index is 606. The molecule has 20 heavy (non-hydrogen) atoms. The molecule has 1 aliphatic rings. The number of hydrogen-bond acceptors (Lipinski definition) is 2. The summed E-state index contributed by atoms with van der Waals surface area (Å²) in [4.78, 5) is 23.9. The molecule has 1 N–H and O–H groups in total. The molecule has 0 radical (unpaired) electrons. The summed E-state index contributed by atoms with van der Waals surface area (Å²) in [6.07, 6.45) is 7.04. The monoisotopic (exact) mass is 273 g/mol. The number of rotatable bonds is 3. The maximum atomic E-state index is 13.2. The highest BCUT2D eigenvalue weighted by Crippen LogP contribution is 2.28. The Labute approximate surface area is 117 Å². The number of hydrogen-bond donors (Lipinski definition) is 1. The number of halogens is 1. The van der Waals surface area contributed by atoms with Gasteiger partial charge in [0.15, 0.2) is 5.78 Å². The fraction of sp³-hybridized carbons (Fsp3) is 0.250. The predicted molar refractivity (Wildman–Crippen MR) is 74.7 cm³/mol. The number of amides is 1. The Morgan fingerprint density at radius 3 is 2.70 bits per heavy atom. The summed E-state index contributed by atoms with van der Waals surface area (Å²) in [6, 6.07) is 5.58. The van der Waals surface area contributed by atoms with E-state index in [1.807, 2.05) is 0 Å². The zero-order valence-electron chi connectivity index (χ0n) is 11.4. The van der Waals surface area contributed by atoms with Crippen LogP contribution in [0.15, 0.2) is 48.6 Å². The van der Waals surface area contributed by atoms with Crippen molar-refractivity contribution in [3.63, 3.8) is 0 Å². The van der Waals surface area contributed by atoms with Gasteiger partial charge in [0, 0.05) is 12.5 Å². The Balaban J connectivity index is 2.34. The number of allylic oxidation sites excluding steroid dienone is 2. The van der Waals surface area contributed by atoms with Gasteiger partial charge in [-0.2, -0.15) is 0 Å². The van der Waals surface area contributed by atoms with Gasteiger partial charge in [-0.15, -0.1) is 0 Å². The van der Waals surface area contributed by atoms with Crippen LogP contribution in [0.1, 0.15) is 24.2 Å². The molecular formula is C16H16FNO2. The van der Waals surface area contributed by atoms with E-state index in [0.29, 0.717) is 5.56 Å². The van der Waals surface area contributed by atoms with Crippen LogP contribution >= 0.6 is 0 Å². The topological polar surface area (TPSA) is 46.2 Å². The number of Topliss-reactive ketones (excluding diaryl/α,β-unsaturated/α-hetero) is 1. The smallest absolute Gasteiger partial charge is 0.217 e. The molecule has 0 aromatic heterocycles. The minimum atomic E-state index is -0.802. The van der Waals surface area contributed by atoms with Crippen molar-refractivity contribution < 1.29 is 14.0 Å². The minimum absolute atomic E-state index is 0.218. The second-order valence-corrected chi connectivity index (χ2v) is 5.06. The molecule has 0 bridgehead atoms. The average molecular weight is 273 g/mol. The molecule has 0 fully saturated rings. The number of carbonyl (C=O) groups excluding carboxylic acids is 2. The van der Waals surface area contributed by atoms with E-state index in [0.717, 1.165) is 0 Å². The van der Waals surface area contributed by atoms with Crippen LogP contribution in [-0.2, 0) is 4.79 Å². The molecule has 0 aliphatic heterocycles. The number of benzene rings is 1. The molecule has 1 aromatic carbocycles. The van der Waals surface area contributed by atoms with Crippen molar-refractivity contribution in [3.8, 4) is 0 Å². The van der Waals surface area contributed by atoms with Crippen LogP contribution in [0.25, 0.3) is 0 Å². The van der Waals surface area contributed by atoms with E-state index in [2.05, 4.69) is 5.32 Å². The van der Waals surface area contributed by atoms with E-state index in [9.17, 15) is 14.0 Å². The van der Waals surface area contributed by atoms with Crippen LogP contribution < -0.4 is 5.32 Å². The van der Waals surface area contributed by atoms with E-state index < -0.39 is 17.3 Å². The Morgan fingerprint density at radius 2 is 2.05 bits per heavy atom. The summed E-state index contributed by atoms with van der Waals surface area (Å²) >= 11 is 0. The molecule has 1 amide bonds. The van der Waals surface area contributed by atoms with Crippen LogP contribution in [0.5, 0.6) is 0 Å². The van der Waals surface area contributed by atoms with Crippen molar-refractivity contribution >= 4 is 11.7 Å². The van der Waals surface area contributed by atoms with Crippen LogP contribution in [-0.4, -0.2) is 17.2 Å². The third kappa shape index (κ3) is 2.85. The van der Waals surface area contributed by atoms with Gasteiger partial charge in [0.05, 0.1) is 11.5 Å². The molecule has 1 aromatic rings. The van der Waals surface area contributed by atoms with Gasteiger partial charge in [0.1, 0.15) is 5.82 Å². The zero-order valence-corrected chi connectivity index (χ0v) is 11.4. The molecule has 2 atom stereocenters. The predicted octanol–water partition coefficient (Wildman–Crippen LogP) is 2.65. The van der Waals surface area contributed by atoms with Crippen LogP contribution in [0, 0.1) is 11.7 Å². The SMILES string of the molecule is CC(=O)NC1(C)C=CC=CC1C(=O)c1cccc(F)c1. The van der Waals surface area contributed by atoms with Gasteiger partial charge in [-0.25, -0.2) is 4.39 Å².